The Morgan fingerprint density at radius 1 is 0.971 bits per heavy atom. The number of amides is 1. The molecular formula is C29H35N5O. The maximum atomic E-state index is 12.8. The van der Waals surface area contributed by atoms with Crippen LogP contribution >= 0.6 is 0 Å². The van der Waals surface area contributed by atoms with Gasteiger partial charge in [-0.05, 0) is 37.3 Å². The molecule has 182 valence electrons. The first-order valence-electron chi connectivity index (χ1n) is 12.4. The molecule has 0 atom stereocenters. The van der Waals surface area contributed by atoms with Gasteiger partial charge in [-0.2, -0.15) is 10.2 Å². The molecule has 6 heteroatoms. The molecule has 0 saturated carbocycles. The van der Waals surface area contributed by atoms with E-state index in [1.807, 2.05) is 54.2 Å². The number of aromatic nitrogens is 4. The molecule has 0 aliphatic rings. The molecule has 2 aromatic carbocycles. The fourth-order valence-electron chi connectivity index (χ4n) is 4.42. The normalized spacial score (nSPS) is 11.2. The lowest BCUT2D eigenvalue weighted by Gasteiger charge is -2.08. The summed E-state index contributed by atoms with van der Waals surface area (Å²) in [6.45, 7) is 10.5. The van der Waals surface area contributed by atoms with E-state index in [0.29, 0.717) is 31.8 Å². The molecule has 0 saturated heterocycles. The number of carbonyl (C=O) groups excluding carboxylic acids is 1. The van der Waals surface area contributed by atoms with Crippen molar-refractivity contribution >= 4 is 5.91 Å². The van der Waals surface area contributed by atoms with E-state index in [1.165, 1.54) is 11.1 Å². The Morgan fingerprint density at radius 2 is 1.66 bits per heavy atom. The van der Waals surface area contributed by atoms with Crippen LogP contribution in [0.15, 0.2) is 66.9 Å². The molecule has 0 spiro atoms. The second kappa shape index (κ2) is 11.2. The van der Waals surface area contributed by atoms with E-state index >= 15 is 0 Å². The largest absolute Gasteiger partial charge is 0.352 e. The SMILES string of the molecule is Cc1nn(CC(C)C)c(C)c1CCC(=O)NCc1cn(Cc2ccccc2)nc1-c1ccccc1. The molecule has 0 radical (unpaired) electrons. The number of hydrogen-bond acceptors (Lipinski definition) is 3. The molecule has 4 rings (SSSR count). The van der Waals surface area contributed by atoms with E-state index in [-0.39, 0.29) is 5.91 Å². The Bertz CT molecular complexity index is 1260. The van der Waals surface area contributed by atoms with Gasteiger partial charge in [0.05, 0.1) is 17.9 Å². The highest BCUT2D eigenvalue weighted by Crippen LogP contribution is 2.23. The van der Waals surface area contributed by atoms with Crippen molar-refractivity contribution in [3.05, 3.63) is 94.9 Å². The maximum Gasteiger partial charge on any atom is 0.220 e. The van der Waals surface area contributed by atoms with Gasteiger partial charge in [-0.25, -0.2) is 0 Å². The summed E-state index contributed by atoms with van der Waals surface area (Å²) in [4.78, 5) is 12.8. The van der Waals surface area contributed by atoms with E-state index < -0.39 is 0 Å². The molecule has 35 heavy (non-hydrogen) atoms. The second-order valence-corrected chi connectivity index (χ2v) is 9.55. The maximum absolute atomic E-state index is 12.8. The van der Waals surface area contributed by atoms with Gasteiger partial charge in [0, 0.05) is 42.5 Å². The van der Waals surface area contributed by atoms with Crippen molar-refractivity contribution in [2.75, 3.05) is 0 Å². The summed E-state index contributed by atoms with van der Waals surface area (Å²) in [7, 11) is 0. The lowest BCUT2D eigenvalue weighted by Crippen LogP contribution is -2.23. The Balaban J connectivity index is 1.43. The lowest BCUT2D eigenvalue weighted by atomic mass is 10.1. The monoisotopic (exact) mass is 469 g/mol. The molecule has 0 aliphatic heterocycles. The van der Waals surface area contributed by atoms with Crippen LogP contribution in [0, 0.1) is 19.8 Å². The van der Waals surface area contributed by atoms with E-state index in [4.69, 9.17) is 5.10 Å². The third-order valence-electron chi connectivity index (χ3n) is 6.22. The summed E-state index contributed by atoms with van der Waals surface area (Å²) in [6, 6.07) is 20.4. The molecular weight excluding hydrogens is 434 g/mol. The molecule has 0 bridgehead atoms. The van der Waals surface area contributed by atoms with Gasteiger partial charge < -0.3 is 5.32 Å². The number of hydrogen-bond donors (Lipinski definition) is 1. The zero-order chi connectivity index (χ0) is 24.8. The van der Waals surface area contributed by atoms with Crippen molar-refractivity contribution in [1.82, 2.24) is 24.9 Å². The molecule has 0 fully saturated rings. The highest BCUT2D eigenvalue weighted by molar-refractivity contribution is 5.76. The van der Waals surface area contributed by atoms with Gasteiger partial charge in [-0.3, -0.25) is 14.2 Å². The van der Waals surface area contributed by atoms with Gasteiger partial charge in [-0.1, -0.05) is 74.5 Å². The Hall–Kier alpha value is -3.67. The van der Waals surface area contributed by atoms with Crippen LogP contribution in [-0.4, -0.2) is 25.5 Å². The Labute approximate surface area is 208 Å². The van der Waals surface area contributed by atoms with Crippen LogP contribution in [0.3, 0.4) is 0 Å². The van der Waals surface area contributed by atoms with Crippen LogP contribution in [0.25, 0.3) is 11.3 Å². The summed E-state index contributed by atoms with van der Waals surface area (Å²) in [5.74, 6) is 0.570. The van der Waals surface area contributed by atoms with Crippen molar-refractivity contribution < 1.29 is 4.79 Å². The van der Waals surface area contributed by atoms with E-state index in [2.05, 4.69) is 60.1 Å². The molecule has 2 aromatic heterocycles. The summed E-state index contributed by atoms with van der Waals surface area (Å²) < 4.78 is 4.02. The number of nitrogens with zero attached hydrogens (tertiary/aromatic N) is 4. The second-order valence-electron chi connectivity index (χ2n) is 9.55. The molecule has 4 aromatic rings. The number of benzene rings is 2. The smallest absolute Gasteiger partial charge is 0.220 e. The Kier molecular flexibility index (Phi) is 7.80. The van der Waals surface area contributed by atoms with Crippen LogP contribution < -0.4 is 5.32 Å². The molecule has 0 aliphatic carbocycles. The van der Waals surface area contributed by atoms with E-state index in [0.717, 1.165) is 34.8 Å². The Morgan fingerprint density at radius 3 is 2.34 bits per heavy atom. The van der Waals surface area contributed by atoms with Crippen molar-refractivity contribution in [2.24, 2.45) is 5.92 Å². The van der Waals surface area contributed by atoms with Crippen molar-refractivity contribution in [2.45, 2.75) is 60.2 Å². The van der Waals surface area contributed by atoms with Crippen LogP contribution in [0.5, 0.6) is 0 Å². The van der Waals surface area contributed by atoms with Crippen molar-refractivity contribution in [3.8, 4) is 11.3 Å². The zero-order valence-corrected chi connectivity index (χ0v) is 21.2. The first-order chi connectivity index (χ1) is 16.9. The quantitative estimate of drug-likeness (QED) is 0.342. The summed E-state index contributed by atoms with van der Waals surface area (Å²) in [5.41, 5.74) is 7.52. The van der Waals surface area contributed by atoms with Gasteiger partial charge in [0.15, 0.2) is 0 Å². The molecule has 0 unspecified atom stereocenters. The highest BCUT2D eigenvalue weighted by atomic mass is 16.1. The average molecular weight is 470 g/mol. The lowest BCUT2D eigenvalue weighted by molar-refractivity contribution is -0.121. The predicted molar refractivity (Wildman–Crippen MR) is 140 cm³/mol. The number of aryl methyl sites for hydroxylation is 1. The van der Waals surface area contributed by atoms with Crippen LogP contribution in [0.1, 0.15) is 48.3 Å². The summed E-state index contributed by atoms with van der Waals surface area (Å²) in [6.07, 6.45) is 3.17. The standard InChI is InChI=1S/C29H35N5O/c1-21(2)18-34-23(4)27(22(3)31-34)15-16-28(35)30-17-26-20-33(19-24-11-7-5-8-12-24)32-29(26)25-13-9-6-10-14-25/h5-14,20-21H,15-19H2,1-4H3,(H,30,35). The number of nitrogens with one attached hydrogen (secondary N) is 1. The van der Waals surface area contributed by atoms with Crippen molar-refractivity contribution in [1.29, 1.82) is 0 Å². The molecule has 1 N–H and O–H groups in total. The third-order valence-corrected chi connectivity index (χ3v) is 6.22. The fourth-order valence-corrected chi connectivity index (χ4v) is 4.42. The van der Waals surface area contributed by atoms with Gasteiger partial charge in [-0.15, -0.1) is 0 Å². The first-order valence-corrected chi connectivity index (χ1v) is 12.4. The highest BCUT2D eigenvalue weighted by Gasteiger charge is 2.16. The minimum absolute atomic E-state index is 0.0373. The molecule has 2 heterocycles. The van der Waals surface area contributed by atoms with Crippen LogP contribution in [0.4, 0.5) is 0 Å². The fraction of sp³-hybridized carbons (Fsp3) is 0.345. The van der Waals surface area contributed by atoms with Crippen LogP contribution in [-0.2, 0) is 30.8 Å². The van der Waals surface area contributed by atoms with Gasteiger partial charge >= 0.3 is 0 Å². The minimum atomic E-state index is 0.0373. The van der Waals surface area contributed by atoms with Gasteiger partial charge in [0.2, 0.25) is 5.91 Å². The zero-order valence-electron chi connectivity index (χ0n) is 21.2. The average Bonchev–Trinajstić information content (AvgIpc) is 3.37. The minimum Gasteiger partial charge on any atom is -0.352 e. The predicted octanol–water partition coefficient (Wildman–Crippen LogP) is 5.32. The summed E-state index contributed by atoms with van der Waals surface area (Å²) >= 11 is 0. The van der Waals surface area contributed by atoms with Gasteiger partial charge in [0.25, 0.3) is 0 Å². The first kappa shape index (κ1) is 24.5. The molecule has 6 nitrogen and oxygen atoms in total. The topological polar surface area (TPSA) is 64.7 Å². The third kappa shape index (κ3) is 6.27. The van der Waals surface area contributed by atoms with Crippen LogP contribution in [0.2, 0.25) is 0 Å². The van der Waals surface area contributed by atoms with E-state index in [9.17, 15) is 4.79 Å². The summed E-state index contributed by atoms with van der Waals surface area (Å²) in [5, 5.41) is 12.6. The van der Waals surface area contributed by atoms with E-state index in [1.54, 1.807) is 0 Å². The number of rotatable bonds is 10. The van der Waals surface area contributed by atoms with Crippen molar-refractivity contribution in [3.63, 3.8) is 0 Å². The molecule has 1 amide bonds. The number of carbonyl (C=O) groups is 1. The van der Waals surface area contributed by atoms with Gasteiger partial charge in [0.1, 0.15) is 0 Å².